The van der Waals surface area contributed by atoms with Crippen molar-refractivity contribution in [3.05, 3.63) is 35.9 Å². The van der Waals surface area contributed by atoms with Crippen molar-refractivity contribution in [1.29, 1.82) is 0 Å². The number of hydrogen-bond acceptors (Lipinski definition) is 3. The van der Waals surface area contributed by atoms with Gasteiger partial charge in [0.2, 0.25) is 0 Å². The number of benzene rings is 1. The molecule has 4 nitrogen and oxygen atoms in total. The molecule has 0 saturated carbocycles. The SMILES string of the molecule is Cc1ccccc1-c1cc2n(n1)C(CN)CCN2. The summed E-state index contributed by atoms with van der Waals surface area (Å²) in [4.78, 5) is 0. The van der Waals surface area contributed by atoms with Gasteiger partial charge in [0, 0.05) is 24.7 Å². The van der Waals surface area contributed by atoms with E-state index in [9.17, 15) is 0 Å². The van der Waals surface area contributed by atoms with Crippen molar-refractivity contribution in [3.63, 3.8) is 0 Å². The summed E-state index contributed by atoms with van der Waals surface area (Å²) < 4.78 is 2.03. The summed E-state index contributed by atoms with van der Waals surface area (Å²) in [5, 5.41) is 8.09. The van der Waals surface area contributed by atoms with Gasteiger partial charge in [-0.25, -0.2) is 4.68 Å². The smallest absolute Gasteiger partial charge is 0.125 e. The molecule has 1 atom stereocenters. The van der Waals surface area contributed by atoms with Crippen LogP contribution in [-0.4, -0.2) is 22.9 Å². The Balaban J connectivity index is 2.05. The van der Waals surface area contributed by atoms with Crippen LogP contribution in [0.5, 0.6) is 0 Å². The Kier molecular flexibility index (Phi) is 2.80. The van der Waals surface area contributed by atoms with Crippen LogP contribution in [0.1, 0.15) is 18.0 Å². The highest BCUT2D eigenvalue weighted by Gasteiger charge is 2.20. The largest absolute Gasteiger partial charge is 0.370 e. The molecule has 1 aromatic heterocycles. The van der Waals surface area contributed by atoms with Crippen molar-refractivity contribution >= 4 is 5.82 Å². The lowest BCUT2D eigenvalue weighted by atomic mass is 10.1. The van der Waals surface area contributed by atoms with E-state index in [2.05, 4.69) is 42.6 Å². The molecule has 0 amide bonds. The van der Waals surface area contributed by atoms with E-state index in [1.54, 1.807) is 0 Å². The van der Waals surface area contributed by atoms with Crippen LogP contribution in [0.15, 0.2) is 30.3 Å². The van der Waals surface area contributed by atoms with Crippen LogP contribution in [0, 0.1) is 6.92 Å². The summed E-state index contributed by atoms with van der Waals surface area (Å²) in [6.45, 7) is 3.73. The van der Waals surface area contributed by atoms with Crippen molar-refractivity contribution < 1.29 is 0 Å². The van der Waals surface area contributed by atoms with E-state index >= 15 is 0 Å². The summed E-state index contributed by atoms with van der Waals surface area (Å²) in [5.74, 6) is 1.08. The van der Waals surface area contributed by atoms with E-state index in [1.165, 1.54) is 11.1 Å². The fourth-order valence-electron chi connectivity index (χ4n) is 2.50. The molecule has 0 fully saturated rings. The minimum absolute atomic E-state index is 0.319. The molecular weight excluding hydrogens is 224 g/mol. The highest BCUT2D eigenvalue weighted by molar-refractivity contribution is 5.66. The van der Waals surface area contributed by atoms with Gasteiger partial charge in [-0.1, -0.05) is 24.3 Å². The summed E-state index contributed by atoms with van der Waals surface area (Å²) in [7, 11) is 0. The Labute approximate surface area is 107 Å². The third kappa shape index (κ3) is 1.78. The minimum atomic E-state index is 0.319. The van der Waals surface area contributed by atoms with Gasteiger partial charge in [0.05, 0.1) is 11.7 Å². The molecule has 0 saturated heterocycles. The summed E-state index contributed by atoms with van der Waals surface area (Å²) in [6.07, 6.45) is 1.04. The minimum Gasteiger partial charge on any atom is -0.370 e. The zero-order chi connectivity index (χ0) is 12.5. The Morgan fingerprint density at radius 2 is 2.28 bits per heavy atom. The molecule has 4 heteroatoms. The van der Waals surface area contributed by atoms with Crippen LogP contribution in [0.25, 0.3) is 11.3 Å². The second kappa shape index (κ2) is 4.46. The van der Waals surface area contributed by atoms with Crippen LogP contribution in [0.2, 0.25) is 0 Å². The normalized spacial score (nSPS) is 18.2. The van der Waals surface area contributed by atoms with Gasteiger partial charge in [0.15, 0.2) is 0 Å². The molecule has 1 unspecified atom stereocenters. The number of aryl methyl sites for hydroxylation is 1. The van der Waals surface area contributed by atoms with E-state index in [0.717, 1.165) is 24.5 Å². The molecular formula is C14H18N4. The average Bonchev–Trinajstić information content (AvgIpc) is 2.82. The van der Waals surface area contributed by atoms with Crippen molar-refractivity contribution in [2.24, 2.45) is 5.73 Å². The van der Waals surface area contributed by atoms with Gasteiger partial charge in [-0.3, -0.25) is 0 Å². The highest BCUT2D eigenvalue weighted by atomic mass is 15.4. The average molecular weight is 242 g/mol. The van der Waals surface area contributed by atoms with Crippen LogP contribution in [-0.2, 0) is 0 Å². The maximum absolute atomic E-state index is 5.81. The van der Waals surface area contributed by atoms with E-state index in [1.807, 2.05) is 4.68 Å². The van der Waals surface area contributed by atoms with Gasteiger partial charge in [-0.15, -0.1) is 0 Å². The zero-order valence-corrected chi connectivity index (χ0v) is 10.6. The van der Waals surface area contributed by atoms with Gasteiger partial charge in [-0.05, 0) is 18.9 Å². The first-order valence-corrected chi connectivity index (χ1v) is 6.39. The van der Waals surface area contributed by atoms with Crippen LogP contribution < -0.4 is 11.1 Å². The number of rotatable bonds is 2. The zero-order valence-electron chi connectivity index (χ0n) is 10.6. The molecule has 1 aliphatic heterocycles. The lowest BCUT2D eigenvalue weighted by Crippen LogP contribution is -2.28. The monoisotopic (exact) mass is 242 g/mol. The van der Waals surface area contributed by atoms with E-state index in [-0.39, 0.29) is 0 Å². The second-order valence-electron chi connectivity index (χ2n) is 4.78. The van der Waals surface area contributed by atoms with Crippen LogP contribution in [0.4, 0.5) is 5.82 Å². The number of hydrogen-bond donors (Lipinski definition) is 2. The summed E-state index contributed by atoms with van der Waals surface area (Å²) in [6, 6.07) is 10.8. The molecule has 0 aliphatic carbocycles. The number of aromatic nitrogens is 2. The molecule has 0 spiro atoms. The first-order chi connectivity index (χ1) is 8.79. The maximum Gasteiger partial charge on any atom is 0.125 e. The van der Waals surface area contributed by atoms with Gasteiger partial charge in [0.25, 0.3) is 0 Å². The molecule has 1 aromatic carbocycles. The first kappa shape index (κ1) is 11.3. The summed E-state index contributed by atoms with van der Waals surface area (Å²) in [5.41, 5.74) is 9.27. The molecule has 2 heterocycles. The summed E-state index contributed by atoms with van der Waals surface area (Å²) >= 11 is 0. The highest BCUT2D eigenvalue weighted by Crippen LogP contribution is 2.29. The van der Waals surface area contributed by atoms with Crippen LogP contribution >= 0.6 is 0 Å². The number of anilines is 1. The third-order valence-electron chi connectivity index (χ3n) is 3.56. The molecule has 3 N–H and O–H groups in total. The molecule has 0 bridgehead atoms. The molecule has 3 rings (SSSR count). The van der Waals surface area contributed by atoms with Gasteiger partial charge >= 0.3 is 0 Å². The molecule has 2 aromatic rings. The third-order valence-corrected chi connectivity index (χ3v) is 3.56. The molecule has 1 aliphatic rings. The van der Waals surface area contributed by atoms with Crippen LogP contribution in [0.3, 0.4) is 0 Å². The van der Waals surface area contributed by atoms with Gasteiger partial charge in [0.1, 0.15) is 5.82 Å². The molecule has 18 heavy (non-hydrogen) atoms. The molecule has 0 radical (unpaired) electrons. The number of fused-ring (bicyclic) bond motifs is 1. The first-order valence-electron chi connectivity index (χ1n) is 6.39. The van der Waals surface area contributed by atoms with E-state index in [0.29, 0.717) is 12.6 Å². The van der Waals surface area contributed by atoms with E-state index in [4.69, 9.17) is 10.8 Å². The fraction of sp³-hybridized carbons (Fsp3) is 0.357. The van der Waals surface area contributed by atoms with E-state index < -0.39 is 0 Å². The van der Waals surface area contributed by atoms with Crippen molar-refractivity contribution in [2.45, 2.75) is 19.4 Å². The Morgan fingerprint density at radius 1 is 1.44 bits per heavy atom. The number of nitrogens with two attached hydrogens (primary N) is 1. The predicted octanol–water partition coefficient (Wildman–Crippen LogP) is 2.17. The maximum atomic E-state index is 5.81. The Bertz CT molecular complexity index is 559. The fourth-order valence-corrected chi connectivity index (χ4v) is 2.50. The topological polar surface area (TPSA) is 55.9 Å². The van der Waals surface area contributed by atoms with Gasteiger partial charge < -0.3 is 11.1 Å². The quantitative estimate of drug-likeness (QED) is 0.848. The Morgan fingerprint density at radius 3 is 3.06 bits per heavy atom. The van der Waals surface area contributed by atoms with Gasteiger partial charge in [-0.2, -0.15) is 5.10 Å². The van der Waals surface area contributed by atoms with Crippen molar-refractivity contribution in [3.8, 4) is 11.3 Å². The lowest BCUT2D eigenvalue weighted by Gasteiger charge is -2.24. The molecule has 94 valence electrons. The standard InChI is InChI=1S/C14H18N4/c1-10-4-2-3-5-12(10)13-8-14-16-7-6-11(9-15)18(14)17-13/h2-5,8,11,16H,6-7,9,15H2,1H3. The Hall–Kier alpha value is -1.81. The number of nitrogens with zero attached hydrogens (tertiary/aromatic N) is 2. The number of nitrogens with one attached hydrogen (secondary N) is 1. The van der Waals surface area contributed by atoms with Crippen molar-refractivity contribution in [1.82, 2.24) is 9.78 Å². The second-order valence-corrected chi connectivity index (χ2v) is 4.78. The lowest BCUT2D eigenvalue weighted by molar-refractivity contribution is 0.429. The van der Waals surface area contributed by atoms with Crippen molar-refractivity contribution in [2.75, 3.05) is 18.4 Å². The predicted molar refractivity (Wildman–Crippen MR) is 73.6 cm³/mol.